The van der Waals surface area contributed by atoms with Gasteiger partial charge in [-0.3, -0.25) is 4.79 Å². The van der Waals surface area contributed by atoms with Crippen LogP contribution in [0.1, 0.15) is 35.0 Å². The summed E-state index contributed by atoms with van der Waals surface area (Å²) in [6.07, 6.45) is 1.83. The Morgan fingerprint density at radius 2 is 2.35 bits per heavy atom. The van der Waals surface area contributed by atoms with E-state index in [1.54, 1.807) is 18.0 Å². The topological polar surface area (TPSA) is 60.2 Å². The number of methoxy groups -OCH3 is 1. The first kappa shape index (κ1) is 13.3. The Bertz CT molecular complexity index is 608. The lowest BCUT2D eigenvalue weighted by Crippen LogP contribution is -2.41. The van der Waals surface area contributed by atoms with Crippen LogP contribution in [0.15, 0.2) is 17.1 Å². The molecule has 6 nitrogen and oxygen atoms in total. The molecule has 0 N–H and O–H groups in total. The van der Waals surface area contributed by atoms with Crippen LogP contribution < -0.4 is 0 Å². The normalized spacial score (nSPS) is 18.1. The van der Waals surface area contributed by atoms with Gasteiger partial charge in [-0.25, -0.2) is 9.97 Å². The predicted molar refractivity (Wildman–Crippen MR) is 74.5 cm³/mol. The molecule has 1 atom stereocenters. The van der Waals surface area contributed by atoms with Crippen LogP contribution in [0.2, 0.25) is 0 Å². The van der Waals surface area contributed by atoms with E-state index in [0.29, 0.717) is 18.8 Å². The lowest BCUT2D eigenvalue weighted by molar-refractivity contribution is 0.0627. The minimum Gasteiger partial charge on any atom is -0.378 e. The molecule has 0 unspecified atom stereocenters. The van der Waals surface area contributed by atoms with Gasteiger partial charge in [-0.15, -0.1) is 11.3 Å². The molecule has 0 radical (unpaired) electrons. The number of imidazole rings is 1. The van der Waals surface area contributed by atoms with E-state index in [2.05, 4.69) is 14.5 Å². The molecule has 1 aliphatic rings. The minimum absolute atomic E-state index is 0.0266. The number of nitrogens with zero attached hydrogens (tertiary/aromatic N) is 4. The Balaban J connectivity index is 1.86. The van der Waals surface area contributed by atoms with Crippen LogP contribution in [-0.4, -0.2) is 39.0 Å². The molecule has 0 fully saturated rings. The number of hydrogen-bond acceptors (Lipinski definition) is 5. The van der Waals surface area contributed by atoms with E-state index < -0.39 is 0 Å². The molecule has 106 valence electrons. The molecule has 1 amide bonds. The van der Waals surface area contributed by atoms with E-state index in [9.17, 15) is 4.79 Å². The van der Waals surface area contributed by atoms with Gasteiger partial charge >= 0.3 is 0 Å². The molecule has 0 aliphatic carbocycles. The van der Waals surface area contributed by atoms with Crippen molar-refractivity contribution in [2.75, 3.05) is 13.7 Å². The van der Waals surface area contributed by atoms with Crippen LogP contribution in [0.4, 0.5) is 0 Å². The number of hydrogen-bond donors (Lipinski definition) is 0. The highest BCUT2D eigenvalue weighted by Crippen LogP contribution is 2.27. The summed E-state index contributed by atoms with van der Waals surface area (Å²) >= 11 is 1.43. The SMILES string of the molecule is COCc1cnc2n1CCN(C(=O)c1cscn1)[C@H]2C. The number of aromatic nitrogens is 3. The first-order valence-corrected chi connectivity index (χ1v) is 7.39. The van der Waals surface area contributed by atoms with Crippen LogP contribution in [0.3, 0.4) is 0 Å². The Kier molecular flexibility index (Phi) is 3.54. The molecule has 0 aromatic carbocycles. The van der Waals surface area contributed by atoms with E-state index in [1.807, 2.05) is 18.0 Å². The van der Waals surface area contributed by atoms with E-state index in [-0.39, 0.29) is 11.9 Å². The van der Waals surface area contributed by atoms with Crippen molar-refractivity contribution in [2.24, 2.45) is 0 Å². The maximum Gasteiger partial charge on any atom is 0.273 e. The van der Waals surface area contributed by atoms with Crippen LogP contribution in [0.5, 0.6) is 0 Å². The van der Waals surface area contributed by atoms with Gasteiger partial charge in [0.1, 0.15) is 11.5 Å². The predicted octanol–water partition coefficient (Wildman–Crippen LogP) is 1.70. The van der Waals surface area contributed by atoms with Gasteiger partial charge < -0.3 is 14.2 Å². The highest BCUT2D eigenvalue weighted by Gasteiger charge is 2.31. The fourth-order valence-corrected chi connectivity index (χ4v) is 3.09. The molecule has 2 aromatic heterocycles. The number of carbonyl (C=O) groups excluding carboxylic acids is 1. The van der Waals surface area contributed by atoms with E-state index in [4.69, 9.17) is 4.74 Å². The van der Waals surface area contributed by atoms with Gasteiger partial charge in [0.05, 0.1) is 30.1 Å². The number of carbonyl (C=O) groups is 1. The second kappa shape index (κ2) is 5.34. The van der Waals surface area contributed by atoms with Crippen molar-refractivity contribution >= 4 is 17.2 Å². The molecular formula is C13H16N4O2S. The molecule has 0 spiro atoms. The minimum atomic E-state index is -0.0523. The summed E-state index contributed by atoms with van der Waals surface area (Å²) in [5.74, 6) is 0.883. The summed E-state index contributed by atoms with van der Waals surface area (Å²) in [5, 5.41) is 1.78. The average Bonchev–Trinajstić information content (AvgIpc) is 3.09. The number of fused-ring (bicyclic) bond motifs is 1. The first-order valence-electron chi connectivity index (χ1n) is 6.44. The standard InChI is InChI=1S/C13H16N4O2S/c1-9-12-14-5-10(6-19-2)17(12)4-3-16(9)13(18)11-7-20-8-15-11/h5,7-9H,3-4,6H2,1-2H3/t9-/m0/s1. The Labute approximate surface area is 121 Å². The highest BCUT2D eigenvalue weighted by atomic mass is 32.1. The van der Waals surface area contributed by atoms with Crippen molar-refractivity contribution in [3.05, 3.63) is 34.3 Å². The lowest BCUT2D eigenvalue weighted by Gasteiger charge is -2.34. The van der Waals surface area contributed by atoms with Crippen LogP contribution in [0, 0.1) is 0 Å². The Morgan fingerprint density at radius 1 is 1.50 bits per heavy atom. The largest absolute Gasteiger partial charge is 0.378 e. The monoisotopic (exact) mass is 292 g/mol. The Hall–Kier alpha value is -1.73. The van der Waals surface area contributed by atoms with Gasteiger partial charge in [0.15, 0.2) is 0 Å². The molecule has 1 aliphatic heterocycles. The maximum atomic E-state index is 12.4. The van der Waals surface area contributed by atoms with Gasteiger partial charge in [0.25, 0.3) is 5.91 Å². The van der Waals surface area contributed by atoms with Gasteiger partial charge in [-0.05, 0) is 6.92 Å². The van der Waals surface area contributed by atoms with E-state index in [1.165, 1.54) is 11.3 Å². The number of ether oxygens (including phenoxy) is 1. The summed E-state index contributed by atoms with van der Waals surface area (Å²) in [4.78, 5) is 22.8. The van der Waals surface area contributed by atoms with E-state index in [0.717, 1.165) is 18.1 Å². The molecule has 2 aromatic rings. The number of rotatable bonds is 3. The quantitative estimate of drug-likeness (QED) is 0.864. The Morgan fingerprint density at radius 3 is 3.05 bits per heavy atom. The average molecular weight is 292 g/mol. The van der Waals surface area contributed by atoms with Gasteiger partial charge in [0, 0.05) is 25.6 Å². The third kappa shape index (κ3) is 2.12. The molecule has 20 heavy (non-hydrogen) atoms. The molecule has 7 heteroatoms. The summed E-state index contributed by atoms with van der Waals surface area (Å²) in [5.41, 5.74) is 3.24. The first-order chi connectivity index (χ1) is 9.72. The van der Waals surface area contributed by atoms with Crippen LogP contribution in [0.25, 0.3) is 0 Å². The van der Waals surface area contributed by atoms with Gasteiger partial charge in [0.2, 0.25) is 0 Å². The lowest BCUT2D eigenvalue weighted by atomic mass is 10.2. The molecule has 0 saturated carbocycles. The van der Waals surface area contributed by atoms with Crippen LogP contribution >= 0.6 is 11.3 Å². The zero-order valence-electron chi connectivity index (χ0n) is 11.4. The van der Waals surface area contributed by atoms with Crippen molar-refractivity contribution in [1.29, 1.82) is 0 Å². The van der Waals surface area contributed by atoms with Crippen molar-refractivity contribution in [2.45, 2.75) is 26.1 Å². The molecule has 3 rings (SSSR count). The summed E-state index contributed by atoms with van der Waals surface area (Å²) < 4.78 is 7.31. The second-order valence-corrected chi connectivity index (χ2v) is 5.46. The summed E-state index contributed by atoms with van der Waals surface area (Å²) in [6, 6.07) is -0.0523. The zero-order chi connectivity index (χ0) is 14.1. The second-order valence-electron chi connectivity index (χ2n) is 4.74. The summed E-state index contributed by atoms with van der Waals surface area (Å²) in [6.45, 7) is 3.95. The van der Waals surface area contributed by atoms with Crippen molar-refractivity contribution < 1.29 is 9.53 Å². The molecule has 0 bridgehead atoms. The van der Waals surface area contributed by atoms with Crippen LogP contribution in [-0.2, 0) is 17.9 Å². The molecular weight excluding hydrogens is 276 g/mol. The number of thiazole rings is 1. The third-order valence-corrected chi connectivity index (χ3v) is 4.17. The highest BCUT2D eigenvalue weighted by molar-refractivity contribution is 7.07. The summed E-state index contributed by atoms with van der Waals surface area (Å²) in [7, 11) is 1.67. The smallest absolute Gasteiger partial charge is 0.273 e. The van der Waals surface area contributed by atoms with Crippen molar-refractivity contribution in [1.82, 2.24) is 19.4 Å². The fraction of sp³-hybridized carbons (Fsp3) is 0.462. The van der Waals surface area contributed by atoms with Crippen molar-refractivity contribution in [3.63, 3.8) is 0 Å². The third-order valence-electron chi connectivity index (χ3n) is 3.58. The molecule has 3 heterocycles. The van der Waals surface area contributed by atoms with E-state index >= 15 is 0 Å². The van der Waals surface area contributed by atoms with Gasteiger partial charge in [-0.1, -0.05) is 0 Å². The van der Waals surface area contributed by atoms with Crippen molar-refractivity contribution in [3.8, 4) is 0 Å². The van der Waals surface area contributed by atoms with Gasteiger partial charge in [-0.2, -0.15) is 0 Å². The molecule has 0 saturated heterocycles. The maximum absolute atomic E-state index is 12.4. The fourth-order valence-electron chi connectivity index (χ4n) is 2.57. The number of amides is 1. The zero-order valence-corrected chi connectivity index (χ0v) is 12.3.